The molecule has 1 saturated heterocycles. The van der Waals surface area contributed by atoms with Gasteiger partial charge in [-0.1, -0.05) is 19.3 Å². The summed E-state index contributed by atoms with van der Waals surface area (Å²) in [5, 5.41) is 20.6. The fourth-order valence-electron chi connectivity index (χ4n) is 3.38. The third kappa shape index (κ3) is 2.79. The van der Waals surface area contributed by atoms with E-state index in [0.29, 0.717) is 0 Å². The zero-order valence-corrected chi connectivity index (χ0v) is 12.8. The van der Waals surface area contributed by atoms with E-state index < -0.39 is 16.6 Å². The van der Waals surface area contributed by atoms with Gasteiger partial charge in [-0.3, -0.25) is 0 Å². The minimum absolute atomic E-state index is 0.00828. The molecular weight excluding hydrogens is 258 g/mol. The van der Waals surface area contributed by atoms with E-state index >= 15 is 0 Å². The molecule has 0 aromatic carbocycles. The molecule has 0 radical (unpaired) electrons. The van der Waals surface area contributed by atoms with Crippen molar-refractivity contribution in [3.05, 3.63) is 0 Å². The second-order valence-electron chi connectivity index (χ2n) is 7.37. The maximum absolute atomic E-state index is 11.9. The Kier molecular flexibility index (Phi) is 4.04. The highest BCUT2D eigenvalue weighted by Crippen LogP contribution is 2.48. The fraction of sp³-hybridized carbons (Fsp3) is 0.933. The van der Waals surface area contributed by atoms with E-state index in [2.05, 4.69) is 0 Å². The molecule has 0 atom stereocenters. The molecule has 0 unspecified atom stereocenters. The minimum Gasteiger partial charge on any atom is -0.444 e. The quantitative estimate of drug-likeness (QED) is 0.813. The van der Waals surface area contributed by atoms with Crippen LogP contribution in [0, 0.1) is 5.41 Å². The van der Waals surface area contributed by atoms with Crippen molar-refractivity contribution >= 4 is 6.09 Å². The summed E-state index contributed by atoms with van der Waals surface area (Å²) in [6, 6.07) is 0. The van der Waals surface area contributed by atoms with Gasteiger partial charge in [-0.05, 0) is 33.6 Å². The van der Waals surface area contributed by atoms with Crippen molar-refractivity contribution in [3.63, 3.8) is 0 Å². The lowest BCUT2D eigenvalue weighted by Crippen LogP contribution is -2.72. The van der Waals surface area contributed by atoms with Crippen molar-refractivity contribution in [2.45, 2.75) is 64.1 Å². The number of aliphatic hydroxyl groups excluding tert-OH is 1. The van der Waals surface area contributed by atoms with Gasteiger partial charge in [0.15, 0.2) is 0 Å². The second-order valence-corrected chi connectivity index (χ2v) is 7.37. The third-order valence-electron chi connectivity index (χ3n) is 4.66. The monoisotopic (exact) mass is 285 g/mol. The van der Waals surface area contributed by atoms with E-state index in [9.17, 15) is 15.0 Å². The van der Waals surface area contributed by atoms with Crippen LogP contribution in [0.2, 0.25) is 0 Å². The van der Waals surface area contributed by atoms with Crippen LogP contribution in [0.3, 0.4) is 0 Å². The lowest BCUT2D eigenvalue weighted by Gasteiger charge is -2.57. The van der Waals surface area contributed by atoms with Crippen LogP contribution >= 0.6 is 0 Å². The number of hydrogen-bond acceptors (Lipinski definition) is 4. The summed E-state index contributed by atoms with van der Waals surface area (Å²) in [5.74, 6) is 0. The molecule has 5 nitrogen and oxygen atoms in total. The highest BCUT2D eigenvalue weighted by molar-refractivity contribution is 5.69. The van der Waals surface area contributed by atoms with E-state index in [1.807, 2.05) is 20.8 Å². The van der Waals surface area contributed by atoms with Gasteiger partial charge in [0, 0.05) is 5.41 Å². The minimum atomic E-state index is -0.959. The normalized spacial score (nSPS) is 24.9. The Hall–Kier alpha value is -0.810. The molecule has 2 N–H and O–H groups in total. The first kappa shape index (κ1) is 15.6. The standard InChI is InChI=1S/C15H27NO4/c1-13(2,3)20-12(18)16-9-15(19,10-16)14(11-17)7-5-4-6-8-14/h17,19H,4-11H2,1-3H3. The molecule has 1 amide bonds. The van der Waals surface area contributed by atoms with Gasteiger partial charge >= 0.3 is 6.09 Å². The number of nitrogens with zero attached hydrogens (tertiary/aromatic N) is 1. The van der Waals surface area contributed by atoms with Crippen molar-refractivity contribution < 1.29 is 19.7 Å². The molecule has 0 aromatic heterocycles. The van der Waals surface area contributed by atoms with Crippen molar-refractivity contribution in [2.24, 2.45) is 5.41 Å². The zero-order valence-electron chi connectivity index (χ0n) is 12.8. The molecule has 1 saturated carbocycles. The van der Waals surface area contributed by atoms with E-state index in [1.165, 1.54) is 4.90 Å². The first-order chi connectivity index (χ1) is 9.21. The van der Waals surface area contributed by atoms with Gasteiger partial charge in [-0.2, -0.15) is 0 Å². The van der Waals surface area contributed by atoms with Crippen molar-refractivity contribution in [3.8, 4) is 0 Å². The van der Waals surface area contributed by atoms with E-state index in [4.69, 9.17) is 4.74 Å². The van der Waals surface area contributed by atoms with Gasteiger partial charge in [0.2, 0.25) is 0 Å². The van der Waals surface area contributed by atoms with Crippen LogP contribution in [0.25, 0.3) is 0 Å². The third-order valence-corrected chi connectivity index (χ3v) is 4.66. The van der Waals surface area contributed by atoms with Gasteiger partial charge < -0.3 is 19.8 Å². The number of carbonyl (C=O) groups is 1. The molecule has 1 aliphatic carbocycles. The van der Waals surface area contributed by atoms with Crippen molar-refractivity contribution in [1.29, 1.82) is 0 Å². The molecule has 0 spiro atoms. The molecule has 2 rings (SSSR count). The molecule has 116 valence electrons. The maximum Gasteiger partial charge on any atom is 0.410 e. The fourth-order valence-corrected chi connectivity index (χ4v) is 3.38. The van der Waals surface area contributed by atoms with Crippen LogP contribution < -0.4 is 0 Å². The Labute approximate surface area is 120 Å². The SMILES string of the molecule is CC(C)(C)OC(=O)N1CC(O)(C2(CO)CCCCC2)C1. The van der Waals surface area contributed by atoms with Crippen LogP contribution in [0.5, 0.6) is 0 Å². The van der Waals surface area contributed by atoms with Gasteiger partial charge in [0.05, 0.1) is 19.7 Å². The maximum atomic E-state index is 11.9. The molecule has 0 bridgehead atoms. The van der Waals surface area contributed by atoms with E-state index in [-0.39, 0.29) is 25.8 Å². The Morgan fingerprint density at radius 1 is 1.20 bits per heavy atom. The number of amides is 1. The molecular formula is C15H27NO4. The predicted octanol–water partition coefficient (Wildman–Crippen LogP) is 1.91. The first-order valence-electron chi connectivity index (χ1n) is 7.53. The summed E-state index contributed by atoms with van der Waals surface area (Å²) >= 11 is 0. The lowest BCUT2D eigenvalue weighted by molar-refractivity contribution is -0.197. The highest BCUT2D eigenvalue weighted by Gasteiger charge is 2.58. The Morgan fingerprint density at radius 2 is 1.75 bits per heavy atom. The zero-order chi connectivity index (χ0) is 15.0. The van der Waals surface area contributed by atoms with Crippen molar-refractivity contribution in [2.75, 3.05) is 19.7 Å². The van der Waals surface area contributed by atoms with Crippen molar-refractivity contribution in [1.82, 2.24) is 4.90 Å². The molecule has 0 aromatic rings. The topological polar surface area (TPSA) is 70.0 Å². The van der Waals surface area contributed by atoms with Crippen LogP contribution in [0.1, 0.15) is 52.9 Å². The first-order valence-corrected chi connectivity index (χ1v) is 7.53. The number of aliphatic hydroxyl groups is 2. The van der Waals surface area contributed by atoms with Crippen LogP contribution in [0.4, 0.5) is 4.79 Å². The predicted molar refractivity (Wildman–Crippen MR) is 75.4 cm³/mol. The molecule has 20 heavy (non-hydrogen) atoms. The average molecular weight is 285 g/mol. The number of likely N-dealkylation sites (tertiary alicyclic amines) is 1. The van der Waals surface area contributed by atoms with Gasteiger partial charge in [-0.15, -0.1) is 0 Å². The number of rotatable bonds is 2. The number of hydrogen-bond donors (Lipinski definition) is 2. The Morgan fingerprint density at radius 3 is 2.20 bits per heavy atom. The Bertz CT molecular complexity index is 363. The van der Waals surface area contributed by atoms with Crippen LogP contribution in [-0.2, 0) is 4.74 Å². The van der Waals surface area contributed by atoms with E-state index in [1.54, 1.807) is 0 Å². The smallest absolute Gasteiger partial charge is 0.410 e. The molecule has 2 aliphatic rings. The molecule has 1 aliphatic heterocycles. The largest absolute Gasteiger partial charge is 0.444 e. The van der Waals surface area contributed by atoms with Crippen LogP contribution in [-0.4, -0.2) is 52.1 Å². The number of carbonyl (C=O) groups excluding carboxylic acids is 1. The van der Waals surface area contributed by atoms with E-state index in [0.717, 1.165) is 32.1 Å². The summed E-state index contributed by atoms with van der Waals surface area (Å²) in [6.07, 6.45) is 4.52. The summed E-state index contributed by atoms with van der Waals surface area (Å²) in [4.78, 5) is 13.5. The lowest BCUT2D eigenvalue weighted by atomic mass is 9.61. The van der Waals surface area contributed by atoms with Gasteiger partial charge in [-0.25, -0.2) is 4.79 Å². The number of ether oxygens (including phenoxy) is 1. The van der Waals surface area contributed by atoms with Gasteiger partial charge in [0.1, 0.15) is 11.2 Å². The summed E-state index contributed by atoms with van der Waals surface area (Å²) < 4.78 is 5.30. The second kappa shape index (κ2) is 5.19. The summed E-state index contributed by atoms with van der Waals surface area (Å²) in [5.41, 5.74) is -1.92. The van der Waals surface area contributed by atoms with Crippen LogP contribution in [0.15, 0.2) is 0 Å². The molecule has 2 fully saturated rings. The Balaban J connectivity index is 1.97. The average Bonchev–Trinajstić information content (AvgIpc) is 2.33. The summed E-state index contributed by atoms with van der Waals surface area (Å²) in [7, 11) is 0. The summed E-state index contributed by atoms with van der Waals surface area (Å²) in [6.45, 7) is 6.00. The highest BCUT2D eigenvalue weighted by atomic mass is 16.6. The molecule has 5 heteroatoms. The number of β-amino-alcohol motifs (C(OH)–C–C–N with tert-alkyl or cyclic N) is 1. The molecule has 1 heterocycles. The van der Waals surface area contributed by atoms with Gasteiger partial charge in [0.25, 0.3) is 0 Å².